The summed E-state index contributed by atoms with van der Waals surface area (Å²) in [4.78, 5) is 30.6. The summed E-state index contributed by atoms with van der Waals surface area (Å²) in [7, 11) is 0. The molecule has 0 aliphatic rings. The third kappa shape index (κ3) is 2.59. The van der Waals surface area contributed by atoms with E-state index in [1.54, 1.807) is 12.1 Å². The fourth-order valence-corrected chi connectivity index (χ4v) is 1.25. The molecule has 2 rings (SSSR count). The summed E-state index contributed by atoms with van der Waals surface area (Å²) in [6.45, 7) is 0. The topological polar surface area (TPSA) is 102 Å². The van der Waals surface area contributed by atoms with Gasteiger partial charge in [0.25, 0.3) is 5.56 Å². The summed E-state index contributed by atoms with van der Waals surface area (Å²) in [5.74, 6) is 0. The molecule has 86 valence electrons. The molecular weight excluding hydrogens is 244 g/mol. The molecule has 6 nitrogen and oxygen atoms in total. The molecular formula is C10H7ClN4O2. The number of rotatable bonds is 1. The van der Waals surface area contributed by atoms with Crippen molar-refractivity contribution in [2.24, 2.45) is 0 Å². The van der Waals surface area contributed by atoms with E-state index in [9.17, 15) is 9.59 Å². The molecule has 0 saturated carbocycles. The molecule has 0 bridgehead atoms. The van der Waals surface area contributed by atoms with Crippen molar-refractivity contribution in [2.45, 2.75) is 0 Å². The Hall–Kier alpha value is -2.39. The Kier molecular flexibility index (Phi) is 3.80. The van der Waals surface area contributed by atoms with Gasteiger partial charge in [-0.1, -0.05) is 6.07 Å². The Balaban J connectivity index is 0.00000144. The Morgan fingerprint density at radius 2 is 2.06 bits per heavy atom. The van der Waals surface area contributed by atoms with Gasteiger partial charge in [0.15, 0.2) is 0 Å². The van der Waals surface area contributed by atoms with Gasteiger partial charge in [0.05, 0.1) is 11.3 Å². The van der Waals surface area contributed by atoms with E-state index in [-0.39, 0.29) is 23.7 Å². The zero-order valence-electron chi connectivity index (χ0n) is 8.43. The number of H-pyrrole nitrogens is 2. The predicted octanol–water partition coefficient (Wildman–Crippen LogP) is 0.419. The van der Waals surface area contributed by atoms with Gasteiger partial charge in [-0.15, -0.1) is 12.4 Å². The number of nitriles is 1. The lowest BCUT2D eigenvalue weighted by atomic mass is 10.2. The minimum absolute atomic E-state index is 0. The fourth-order valence-electron chi connectivity index (χ4n) is 1.25. The molecule has 7 heteroatoms. The van der Waals surface area contributed by atoms with Crippen LogP contribution in [0, 0.1) is 11.3 Å². The lowest BCUT2D eigenvalue weighted by Crippen LogP contribution is -2.22. The molecule has 0 amide bonds. The largest absolute Gasteiger partial charge is 0.325 e. The van der Waals surface area contributed by atoms with E-state index in [1.807, 2.05) is 6.07 Å². The monoisotopic (exact) mass is 250 g/mol. The molecule has 17 heavy (non-hydrogen) atoms. The van der Waals surface area contributed by atoms with Gasteiger partial charge in [-0.3, -0.25) is 9.78 Å². The van der Waals surface area contributed by atoms with Crippen molar-refractivity contribution in [3.05, 3.63) is 50.9 Å². The number of nitrogens with zero attached hydrogens (tertiary/aromatic N) is 2. The number of nitrogens with one attached hydrogen (secondary N) is 2. The third-order valence-electron chi connectivity index (χ3n) is 1.96. The predicted molar refractivity (Wildman–Crippen MR) is 62.9 cm³/mol. The molecule has 2 N–H and O–H groups in total. The van der Waals surface area contributed by atoms with Crippen LogP contribution in [0.25, 0.3) is 11.3 Å². The van der Waals surface area contributed by atoms with E-state index in [4.69, 9.17) is 5.26 Å². The van der Waals surface area contributed by atoms with Gasteiger partial charge >= 0.3 is 5.69 Å². The van der Waals surface area contributed by atoms with Gasteiger partial charge < -0.3 is 4.98 Å². The van der Waals surface area contributed by atoms with Gasteiger partial charge in [-0.2, -0.15) is 5.26 Å². The highest BCUT2D eigenvalue weighted by molar-refractivity contribution is 5.85. The first-order chi connectivity index (χ1) is 7.70. The second-order valence-electron chi connectivity index (χ2n) is 3.01. The maximum absolute atomic E-state index is 11.4. The summed E-state index contributed by atoms with van der Waals surface area (Å²) in [6, 6.07) is 6.61. The van der Waals surface area contributed by atoms with Crippen molar-refractivity contribution < 1.29 is 0 Å². The molecule has 0 saturated heterocycles. The van der Waals surface area contributed by atoms with Crippen molar-refractivity contribution in [3.63, 3.8) is 0 Å². The summed E-state index contributed by atoms with van der Waals surface area (Å²) in [5.41, 5.74) is -0.340. The highest BCUT2D eigenvalue weighted by Gasteiger charge is 2.05. The van der Waals surface area contributed by atoms with Gasteiger partial charge in [0.1, 0.15) is 11.8 Å². The van der Waals surface area contributed by atoms with Crippen molar-refractivity contribution >= 4 is 12.4 Å². The Labute approximate surface area is 101 Å². The molecule has 2 heterocycles. The van der Waals surface area contributed by atoms with Crippen LogP contribution in [-0.4, -0.2) is 15.0 Å². The van der Waals surface area contributed by atoms with E-state index in [0.717, 1.165) is 0 Å². The van der Waals surface area contributed by atoms with Crippen molar-refractivity contribution in [3.8, 4) is 17.3 Å². The van der Waals surface area contributed by atoms with Gasteiger partial charge in [-0.05, 0) is 12.1 Å². The molecule has 0 fully saturated rings. The molecule has 0 spiro atoms. The average Bonchev–Trinajstić information content (AvgIpc) is 2.29. The van der Waals surface area contributed by atoms with Gasteiger partial charge in [0.2, 0.25) is 0 Å². The fraction of sp³-hybridized carbons (Fsp3) is 0. The first-order valence-electron chi connectivity index (χ1n) is 4.40. The first kappa shape index (κ1) is 12.7. The molecule has 2 aromatic heterocycles. The summed E-state index contributed by atoms with van der Waals surface area (Å²) < 4.78 is 0. The summed E-state index contributed by atoms with van der Waals surface area (Å²) in [6.07, 6.45) is 1.27. The zero-order chi connectivity index (χ0) is 11.5. The molecule has 2 aromatic rings. The van der Waals surface area contributed by atoms with E-state index in [1.165, 1.54) is 12.3 Å². The molecule has 0 unspecified atom stereocenters. The number of hydrogen-bond donors (Lipinski definition) is 2. The van der Waals surface area contributed by atoms with Crippen molar-refractivity contribution in [1.29, 1.82) is 5.26 Å². The van der Waals surface area contributed by atoms with Crippen LogP contribution in [0.4, 0.5) is 0 Å². The van der Waals surface area contributed by atoms with Crippen molar-refractivity contribution in [1.82, 2.24) is 15.0 Å². The molecule has 0 radical (unpaired) electrons. The van der Waals surface area contributed by atoms with Gasteiger partial charge in [0, 0.05) is 6.20 Å². The standard InChI is InChI=1S/C10H6N4O2.ClH/c11-4-6-2-1-3-8(13-6)7-5-12-10(16)14-9(7)15;/h1-3,5H,(H2,12,14,15,16);1H. The Bertz CT molecular complexity index is 683. The first-order valence-corrected chi connectivity index (χ1v) is 4.40. The van der Waals surface area contributed by atoms with E-state index in [2.05, 4.69) is 15.0 Å². The maximum atomic E-state index is 11.4. The zero-order valence-corrected chi connectivity index (χ0v) is 9.25. The number of aromatic amines is 2. The number of halogens is 1. The van der Waals surface area contributed by atoms with Crippen LogP contribution in [0.2, 0.25) is 0 Å². The summed E-state index contributed by atoms with van der Waals surface area (Å²) >= 11 is 0. The molecule has 0 aliphatic heterocycles. The van der Waals surface area contributed by atoms with E-state index in [0.29, 0.717) is 5.69 Å². The Morgan fingerprint density at radius 1 is 1.29 bits per heavy atom. The maximum Gasteiger partial charge on any atom is 0.325 e. The van der Waals surface area contributed by atoms with Crippen LogP contribution >= 0.6 is 12.4 Å². The van der Waals surface area contributed by atoms with E-state index < -0.39 is 11.2 Å². The van der Waals surface area contributed by atoms with Crippen LogP contribution < -0.4 is 11.2 Å². The molecule has 0 aliphatic carbocycles. The van der Waals surface area contributed by atoms with Crippen LogP contribution in [0.15, 0.2) is 34.0 Å². The Morgan fingerprint density at radius 3 is 2.71 bits per heavy atom. The molecule has 0 aromatic carbocycles. The normalized spacial score (nSPS) is 9.12. The number of hydrogen-bond acceptors (Lipinski definition) is 4. The van der Waals surface area contributed by atoms with Crippen LogP contribution in [0.5, 0.6) is 0 Å². The van der Waals surface area contributed by atoms with Crippen molar-refractivity contribution in [2.75, 3.05) is 0 Å². The molecule has 0 atom stereocenters. The van der Waals surface area contributed by atoms with Crippen LogP contribution in [0.1, 0.15) is 5.69 Å². The van der Waals surface area contributed by atoms with Crippen LogP contribution in [0.3, 0.4) is 0 Å². The quantitative estimate of drug-likeness (QED) is 0.765. The van der Waals surface area contributed by atoms with Crippen LogP contribution in [-0.2, 0) is 0 Å². The van der Waals surface area contributed by atoms with Gasteiger partial charge in [-0.25, -0.2) is 9.78 Å². The smallest absolute Gasteiger partial charge is 0.313 e. The highest BCUT2D eigenvalue weighted by atomic mass is 35.5. The number of pyridine rings is 1. The third-order valence-corrected chi connectivity index (χ3v) is 1.96. The highest BCUT2D eigenvalue weighted by Crippen LogP contribution is 2.10. The minimum atomic E-state index is -0.579. The minimum Gasteiger partial charge on any atom is -0.313 e. The second kappa shape index (κ2) is 5.09. The average molecular weight is 251 g/mol. The SMILES string of the molecule is Cl.N#Cc1cccc(-c2c[nH]c(=O)[nH]c2=O)n1. The van der Waals surface area contributed by atoms with E-state index >= 15 is 0 Å². The lowest BCUT2D eigenvalue weighted by molar-refractivity contribution is 1.03. The second-order valence-corrected chi connectivity index (χ2v) is 3.01. The summed E-state index contributed by atoms with van der Waals surface area (Å²) in [5, 5.41) is 8.67. The number of aromatic nitrogens is 3. The lowest BCUT2D eigenvalue weighted by Gasteiger charge is -1.98.